The van der Waals surface area contributed by atoms with E-state index in [2.05, 4.69) is 22.7 Å². The Bertz CT molecular complexity index is 449. The van der Waals surface area contributed by atoms with Crippen molar-refractivity contribution in [2.24, 2.45) is 10.8 Å². The van der Waals surface area contributed by atoms with E-state index in [9.17, 15) is 4.39 Å². The molecular weight excluding hydrogens is 253 g/mol. The summed E-state index contributed by atoms with van der Waals surface area (Å²) in [6, 6.07) is 4.41. The van der Waals surface area contributed by atoms with E-state index >= 15 is 0 Å². The second-order valence-electron chi connectivity index (χ2n) is 3.94. The van der Waals surface area contributed by atoms with Gasteiger partial charge in [-0.05, 0) is 43.8 Å². The highest BCUT2D eigenvalue weighted by molar-refractivity contribution is 7.80. The number of hydrazone groups is 1. The summed E-state index contributed by atoms with van der Waals surface area (Å²) < 4.78 is 18.6. The van der Waals surface area contributed by atoms with Crippen molar-refractivity contribution >= 4 is 23.5 Å². The Kier molecular flexibility index (Phi) is 5.67. The molecule has 18 heavy (non-hydrogen) atoms. The molecular formula is C12H16FN3OS. The highest BCUT2D eigenvalue weighted by Crippen LogP contribution is 2.12. The molecule has 0 saturated heterocycles. The number of nitrogens with zero attached hydrogens (tertiary/aromatic N) is 1. The summed E-state index contributed by atoms with van der Waals surface area (Å²) in [6.07, 6.45) is 1.60. The lowest BCUT2D eigenvalue weighted by atomic mass is 10.1. The molecule has 0 fully saturated rings. The van der Waals surface area contributed by atoms with Crippen LogP contribution in [0.3, 0.4) is 0 Å². The molecule has 1 aromatic rings. The van der Waals surface area contributed by atoms with Crippen LogP contribution in [0.15, 0.2) is 23.3 Å². The fraction of sp³-hybridized carbons (Fsp3) is 0.333. The van der Waals surface area contributed by atoms with E-state index in [4.69, 9.17) is 10.5 Å². The molecule has 1 aromatic carbocycles. The van der Waals surface area contributed by atoms with Crippen molar-refractivity contribution in [1.29, 1.82) is 0 Å². The van der Waals surface area contributed by atoms with Gasteiger partial charge in [-0.25, -0.2) is 4.39 Å². The Labute approximate surface area is 111 Å². The van der Waals surface area contributed by atoms with E-state index in [-0.39, 0.29) is 17.0 Å². The summed E-state index contributed by atoms with van der Waals surface area (Å²) in [5.74, 6) is -0.309. The molecule has 0 spiro atoms. The Morgan fingerprint density at radius 2 is 2.33 bits per heavy atom. The number of benzene rings is 1. The number of ether oxygens (including phenoxy) is 1. The van der Waals surface area contributed by atoms with Gasteiger partial charge in [0, 0.05) is 5.56 Å². The smallest absolute Gasteiger partial charge is 0.184 e. The first-order valence-electron chi connectivity index (χ1n) is 5.47. The Hall–Kier alpha value is -1.53. The quantitative estimate of drug-likeness (QED) is 0.487. The third-order valence-corrected chi connectivity index (χ3v) is 2.15. The van der Waals surface area contributed by atoms with Gasteiger partial charge in [-0.1, -0.05) is 6.07 Å². The summed E-state index contributed by atoms with van der Waals surface area (Å²) in [6.45, 7) is 4.16. The lowest BCUT2D eigenvalue weighted by molar-refractivity contribution is 0.0655. The molecule has 0 amide bonds. The van der Waals surface area contributed by atoms with E-state index in [1.54, 1.807) is 6.07 Å². The molecule has 6 heteroatoms. The maximum Gasteiger partial charge on any atom is 0.184 e. The molecule has 0 heterocycles. The summed E-state index contributed by atoms with van der Waals surface area (Å²) in [5.41, 5.74) is 9.15. The second kappa shape index (κ2) is 7.03. The molecule has 0 unspecified atom stereocenters. The summed E-state index contributed by atoms with van der Waals surface area (Å²) >= 11 is 4.62. The fourth-order valence-electron chi connectivity index (χ4n) is 1.25. The zero-order valence-corrected chi connectivity index (χ0v) is 11.1. The lowest BCUT2D eigenvalue weighted by Gasteiger charge is -2.10. The lowest BCUT2D eigenvalue weighted by Crippen LogP contribution is -2.24. The van der Waals surface area contributed by atoms with E-state index in [0.717, 1.165) is 11.1 Å². The van der Waals surface area contributed by atoms with Gasteiger partial charge in [0.25, 0.3) is 0 Å². The molecule has 0 atom stereocenters. The van der Waals surface area contributed by atoms with Crippen LogP contribution in [0.1, 0.15) is 25.0 Å². The average molecular weight is 269 g/mol. The fourth-order valence-corrected chi connectivity index (χ4v) is 1.30. The molecule has 98 valence electrons. The molecule has 4 nitrogen and oxygen atoms in total. The van der Waals surface area contributed by atoms with Crippen LogP contribution in [0.5, 0.6) is 0 Å². The van der Waals surface area contributed by atoms with Crippen LogP contribution in [0, 0.1) is 5.82 Å². The zero-order valence-electron chi connectivity index (χ0n) is 10.3. The first-order valence-corrected chi connectivity index (χ1v) is 5.88. The number of nitrogens with two attached hydrogens (primary N) is 1. The molecule has 0 aliphatic heterocycles. The highest BCUT2D eigenvalue weighted by Gasteiger charge is 2.04. The Morgan fingerprint density at radius 3 is 2.94 bits per heavy atom. The van der Waals surface area contributed by atoms with Gasteiger partial charge in [-0.3, -0.25) is 5.43 Å². The molecule has 0 aliphatic rings. The molecule has 1 rings (SSSR count). The average Bonchev–Trinajstić information content (AvgIpc) is 2.28. The van der Waals surface area contributed by atoms with Crippen LogP contribution < -0.4 is 11.2 Å². The monoisotopic (exact) mass is 269 g/mol. The Morgan fingerprint density at radius 1 is 1.61 bits per heavy atom. The molecule has 0 saturated carbocycles. The number of hydrogen-bond donors (Lipinski definition) is 2. The van der Waals surface area contributed by atoms with E-state index < -0.39 is 0 Å². The van der Waals surface area contributed by atoms with Gasteiger partial charge in [0.05, 0.1) is 18.9 Å². The second-order valence-corrected chi connectivity index (χ2v) is 4.38. The van der Waals surface area contributed by atoms with Gasteiger partial charge in [-0.2, -0.15) is 5.10 Å². The van der Waals surface area contributed by atoms with Crippen molar-refractivity contribution < 1.29 is 9.13 Å². The van der Waals surface area contributed by atoms with Crippen LogP contribution in [-0.4, -0.2) is 17.4 Å². The van der Waals surface area contributed by atoms with Gasteiger partial charge < -0.3 is 10.5 Å². The minimum absolute atomic E-state index is 0.0767. The van der Waals surface area contributed by atoms with Gasteiger partial charge in [0.2, 0.25) is 0 Å². The van der Waals surface area contributed by atoms with Crippen LogP contribution in [0.2, 0.25) is 0 Å². The topological polar surface area (TPSA) is 59.6 Å². The van der Waals surface area contributed by atoms with E-state index in [0.29, 0.717) is 6.61 Å². The van der Waals surface area contributed by atoms with Crippen molar-refractivity contribution in [3.05, 3.63) is 35.1 Å². The van der Waals surface area contributed by atoms with Gasteiger partial charge >= 0.3 is 0 Å². The largest absolute Gasteiger partial charge is 0.375 e. The minimum Gasteiger partial charge on any atom is -0.375 e. The normalized spacial score (nSPS) is 11.1. The van der Waals surface area contributed by atoms with Crippen LogP contribution in [0.25, 0.3) is 0 Å². The highest BCUT2D eigenvalue weighted by atomic mass is 32.1. The predicted molar refractivity (Wildman–Crippen MR) is 73.8 cm³/mol. The maximum atomic E-state index is 13.2. The number of thiocarbonyl (C=S) groups is 1. The van der Waals surface area contributed by atoms with Crippen molar-refractivity contribution in [1.82, 2.24) is 5.43 Å². The minimum atomic E-state index is -0.309. The molecule has 0 radical (unpaired) electrons. The predicted octanol–water partition coefficient (Wildman–Crippen LogP) is 1.92. The third-order valence-electron chi connectivity index (χ3n) is 2.06. The SMILES string of the molecule is CC(C)OCc1cc(F)ccc1C=NNC(N)=S. The third kappa shape index (κ3) is 5.20. The first-order chi connectivity index (χ1) is 8.49. The first kappa shape index (κ1) is 14.5. The number of hydrogen-bond acceptors (Lipinski definition) is 3. The maximum absolute atomic E-state index is 13.2. The van der Waals surface area contributed by atoms with Gasteiger partial charge in [-0.15, -0.1) is 0 Å². The van der Waals surface area contributed by atoms with Crippen molar-refractivity contribution in [3.8, 4) is 0 Å². The molecule has 0 aromatic heterocycles. The summed E-state index contributed by atoms with van der Waals surface area (Å²) in [4.78, 5) is 0. The zero-order chi connectivity index (χ0) is 13.5. The van der Waals surface area contributed by atoms with Crippen LogP contribution in [0.4, 0.5) is 4.39 Å². The number of nitrogens with one attached hydrogen (secondary N) is 1. The van der Waals surface area contributed by atoms with Crippen molar-refractivity contribution in [2.45, 2.75) is 26.6 Å². The summed E-state index contributed by atoms with van der Waals surface area (Å²) in [7, 11) is 0. The number of rotatable bonds is 5. The van der Waals surface area contributed by atoms with Crippen LogP contribution in [-0.2, 0) is 11.3 Å². The van der Waals surface area contributed by atoms with E-state index in [1.807, 2.05) is 13.8 Å². The molecule has 0 aliphatic carbocycles. The van der Waals surface area contributed by atoms with Crippen LogP contribution >= 0.6 is 12.2 Å². The van der Waals surface area contributed by atoms with E-state index in [1.165, 1.54) is 18.3 Å². The number of halogens is 1. The van der Waals surface area contributed by atoms with Gasteiger partial charge in [0.1, 0.15) is 5.82 Å². The standard InChI is InChI=1S/C12H16FN3OS/c1-8(2)17-7-10-5-11(13)4-3-9(10)6-15-16-12(14)18/h3-6,8H,7H2,1-2H3,(H3,14,16,18). The Balaban J connectivity index is 2.82. The molecule has 0 bridgehead atoms. The summed E-state index contributed by atoms with van der Waals surface area (Å²) in [5, 5.41) is 3.92. The molecule has 3 N–H and O–H groups in total. The van der Waals surface area contributed by atoms with Crippen molar-refractivity contribution in [2.75, 3.05) is 0 Å². The van der Waals surface area contributed by atoms with Gasteiger partial charge in [0.15, 0.2) is 5.11 Å². The van der Waals surface area contributed by atoms with Crippen molar-refractivity contribution in [3.63, 3.8) is 0 Å².